The number of thiazole rings is 1. The number of aryl methyl sites for hydroxylation is 1. The van der Waals surface area contributed by atoms with Crippen molar-refractivity contribution in [2.24, 2.45) is 0 Å². The first kappa shape index (κ1) is 14.6. The number of esters is 1. The molecule has 2 rings (SSSR count). The lowest BCUT2D eigenvalue weighted by Gasteiger charge is -1.99. The molecule has 19 heavy (non-hydrogen) atoms. The van der Waals surface area contributed by atoms with Crippen LogP contribution in [0, 0.1) is 6.92 Å². The molecule has 0 unspecified atom stereocenters. The Balaban J connectivity index is 2.06. The van der Waals surface area contributed by atoms with Crippen molar-refractivity contribution in [3.05, 3.63) is 44.3 Å². The highest BCUT2D eigenvalue weighted by atomic mass is 79.9. The number of halogens is 1. The van der Waals surface area contributed by atoms with Crippen LogP contribution in [0.1, 0.15) is 20.4 Å². The van der Waals surface area contributed by atoms with E-state index in [9.17, 15) is 4.79 Å². The number of benzene rings is 1. The van der Waals surface area contributed by atoms with Gasteiger partial charge in [0, 0.05) is 9.37 Å². The largest absolute Gasteiger partial charge is 0.465 e. The van der Waals surface area contributed by atoms with E-state index >= 15 is 0 Å². The molecule has 0 aliphatic heterocycles. The molecule has 1 aromatic carbocycles. The van der Waals surface area contributed by atoms with Crippen molar-refractivity contribution < 1.29 is 9.53 Å². The number of aromatic nitrogens is 1. The molecule has 1 heterocycles. The monoisotopic (exact) mass is 357 g/mol. The fraction of sp³-hybridized carbons (Fsp3) is 0.231. The van der Waals surface area contributed by atoms with Crippen molar-refractivity contribution in [2.45, 2.75) is 17.6 Å². The smallest absolute Gasteiger partial charge is 0.349 e. The van der Waals surface area contributed by atoms with Crippen molar-refractivity contribution in [2.75, 3.05) is 7.11 Å². The van der Waals surface area contributed by atoms with Gasteiger partial charge in [0.25, 0.3) is 0 Å². The van der Waals surface area contributed by atoms with Crippen LogP contribution in [0.5, 0.6) is 0 Å². The standard InChI is InChI=1S/C13H12BrNO2S2/c1-8-12(13(16)17-2)19-11(15-8)7-18-10-5-3-4-9(14)6-10/h3-6H,7H2,1-2H3. The van der Waals surface area contributed by atoms with E-state index in [-0.39, 0.29) is 5.97 Å². The first-order valence-electron chi connectivity index (χ1n) is 5.53. The fourth-order valence-electron chi connectivity index (χ4n) is 1.50. The first-order valence-corrected chi connectivity index (χ1v) is 8.12. The summed E-state index contributed by atoms with van der Waals surface area (Å²) < 4.78 is 5.79. The van der Waals surface area contributed by atoms with Gasteiger partial charge in [0.15, 0.2) is 0 Å². The number of methoxy groups -OCH3 is 1. The minimum atomic E-state index is -0.311. The summed E-state index contributed by atoms with van der Waals surface area (Å²) >= 11 is 6.54. The van der Waals surface area contributed by atoms with Gasteiger partial charge in [0.2, 0.25) is 0 Å². The third kappa shape index (κ3) is 3.81. The Morgan fingerprint density at radius 1 is 1.53 bits per heavy atom. The molecular weight excluding hydrogens is 346 g/mol. The molecule has 3 nitrogen and oxygen atoms in total. The van der Waals surface area contributed by atoms with Gasteiger partial charge in [0.1, 0.15) is 9.88 Å². The molecule has 0 N–H and O–H groups in total. The van der Waals surface area contributed by atoms with Gasteiger partial charge >= 0.3 is 5.97 Å². The minimum absolute atomic E-state index is 0.311. The summed E-state index contributed by atoms with van der Waals surface area (Å²) in [6, 6.07) is 8.11. The van der Waals surface area contributed by atoms with Gasteiger partial charge in [0.05, 0.1) is 18.6 Å². The summed E-state index contributed by atoms with van der Waals surface area (Å²) in [5.74, 6) is 0.438. The van der Waals surface area contributed by atoms with Crippen LogP contribution in [-0.2, 0) is 10.5 Å². The molecule has 0 fully saturated rings. The highest BCUT2D eigenvalue weighted by Crippen LogP contribution is 2.28. The van der Waals surface area contributed by atoms with Crippen LogP contribution in [0.15, 0.2) is 33.6 Å². The molecule has 2 aromatic rings. The lowest BCUT2D eigenvalue weighted by atomic mass is 10.4. The Kier molecular flexibility index (Phi) is 5.01. The lowest BCUT2D eigenvalue weighted by Crippen LogP contribution is -1.99. The van der Waals surface area contributed by atoms with Crippen LogP contribution in [-0.4, -0.2) is 18.1 Å². The van der Waals surface area contributed by atoms with E-state index < -0.39 is 0 Å². The SMILES string of the molecule is COC(=O)c1sc(CSc2cccc(Br)c2)nc1C. The molecule has 0 amide bonds. The Labute approximate surface area is 128 Å². The van der Waals surface area contributed by atoms with Gasteiger partial charge in [-0.05, 0) is 25.1 Å². The summed E-state index contributed by atoms with van der Waals surface area (Å²) in [5.41, 5.74) is 0.738. The topological polar surface area (TPSA) is 39.2 Å². The number of carbonyl (C=O) groups excluding carboxylic acids is 1. The predicted molar refractivity (Wildman–Crippen MR) is 81.9 cm³/mol. The van der Waals surface area contributed by atoms with E-state index in [1.165, 1.54) is 23.3 Å². The van der Waals surface area contributed by atoms with Crippen LogP contribution in [0.25, 0.3) is 0 Å². The fourth-order valence-corrected chi connectivity index (χ4v) is 3.98. The maximum absolute atomic E-state index is 11.5. The summed E-state index contributed by atoms with van der Waals surface area (Å²) in [4.78, 5) is 17.7. The summed E-state index contributed by atoms with van der Waals surface area (Å²) in [6.45, 7) is 1.83. The number of hydrogen-bond donors (Lipinski definition) is 0. The molecule has 0 atom stereocenters. The molecule has 0 bridgehead atoms. The summed E-state index contributed by atoms with van der Waals surface area (Å²) in [6.07, 6.45) is 0. The second kappa shape index (κ2) is 6.54. The van der Waals surface area contributed by atoms with Gasteiger partial charge < -0.3 is 4.74 Å². The molecule has 0 saturated carbocycles. The molecule has 100 valence electrons. The minimum Gasteiger partial charge on any atom is -0.465 e. The highest BCUT2D eigenvalue weighted by Gasteiger charge is 2.15. The second-order valence-electron chi connectivity index (χ2n) is 3.76. The number of rotatable bonds is 4. The maximum Gasteiger partial charge on any atom is 0.349 e. The number of thioether (sulfide) groups is 1. The summed E-state index contributed by atoms with van der Waals surface area (Å²) in [5, 5.41) is 0.933. The van der Waals surface area contributed by atoms with E-state index in [0.29, 0.717) is 4.88 Å². The van der Waals surface area contributed by atoms with Crippen molar-refractivity contribution in [3.63, 3.8) is 0 Å². The molecule has 0 saturated heterocycles. The van der Waals surface area contributed by atoms with Crippen molar-refractivity contribution in [1.29, 1.82) is 0 Å². The average Bonchev–Trinajstić information content (AvgIpc) is 2.77. The van der Waals surface area contributed by atoms with Gasteiger partial charge in [-0.25, -0.2) is 9.78 Å². The Morgan fingerprint density at radius 2 is 2.32 bits per heavy atom. The second-order valence-corrected chi connectivity index (χ2v) is 6.81. The Bertz CT molecular complexity index is 598. The molecule has 0 aliphatic rings. The zero-order chi connectivity index (χ0) is 13.8. The van der Waals surface area contributed by atoms with E-state index in [1.54, 1.807) is 11.8 Å². The van der Waals surface area contributed by atoms with Crippen molar-refractivity contribution in [3.8, 4) is 0 Å². The zero-order valence-corrected chi connectivity index (χ0v) is 13.7. The first-order chi connectivity index (χ1) is 9.10. The predicted octanol–water partition coefficient (Wildman–Crippen LogP) is 4.29. The van der Waals surface area contributed by atoms with Gasteiger partial charge in [-0.2, -0.15) is 0 Å². The molecule has 1 aromatic heterocycles. The molecule has 0 aliphatic carbocycles. The van der Waals surface area contributed by atoms with Crippen LogP contribution in [0.3, 0.4) is 0 Å². The van der Waals surface area contributed by atoms with Gasteiger partial charge in [-0.1, -0.05) is 22.0 Å². The van der Waals surface area contributed by atoms with Crippen molar-refractivity contribution >= 4 is 45.0 Å². The van der Waals surface area contributed by atoms with Crippen LogP contribution in [0.2, 0.25) is 0 Å². The lowest BCUT2D eigenvalue weighted by molar-refractivity contribution is 0.0605. The highest BCUT2D eigenvalue weighted by molar-refractivity contribution is 9.10. The van der Waals surface area contributed by atoms with Crippen LogP contribution in [0.4, 0.5) is 0 Å². The Hall–Kier alpha value is -0.850. The zero-order valence-electron chi connectivity index (χ0n) is 10.5. The number of nitrogens with zero attached hydrogens (tertiary/aromatic N) is 1. The number of hydrogen-bond acceptors (Lipinski definition) is 5. The van der Waals surface area contributed by atoms with E-state index in [4.69, 9.17) is 4.74 Å². The van der Waals surface area contributed by atoms with Crippen LogP contribution < -0.4 is 0 Å². The third-order valence-electron chi connectivity index (χ3n) is 2.37. The van der Waals surface area contributed by atoms with Crippen molar-refractivity contribution in [1.82, 2.24) is 4.98 Å². The number of carbonyl (C=O) groups is 1. The average molecular weight is 358 g/mol. The molecule has 0 radical (unpaired) electrons. The molecule has 0 spiro atoms. The van der Waals surface area contributed by atoms with E-state index in [0.717, 1.165) is 20.9 Å². The number of ether oxygens (including phenoxy) is 1. The van der Waals surface area contributed by atoms with E-state index in [1.807, 2.05) is 19.1 Å². The molecular formula is C13H12BrNO2S2. The molecule has 6 heteroatoms. The normalized spacial score (nSPS) is 10.5. The third-order valence-corrected chi connectivity index (χ3v) is 5.19. The Morgan fingerprint density at radius 3 is 3.00 bits per heavy atom. The van der Waals surface area contributed by atoms with E-state index in [2.05, 4.69) is 33.0 Å². The van der Waals surface area contributed by atoms with Crippen LogP contribution >= 0.6 is 39.0 Å². The summed E-state index contributed by atoms with van der Waals surface area (Å²) in [7, 11) is 1.39. The van der Waals surface area contributed by atoms with Gasteiger partial charge in [-0.3, -0.25) is 0 Å². The van der Waals surface area contributed by atoms with Gasteiger partial charge in [-0.15, -0.1) is 23.1 Å². The maximum atomic E-state index is 11.5. The quantitative estimate of drug-likeness (QED) is 0.604.